The fraction of sp³-hybridized carbons (Fsp3) is 0.625. The Labute approximate surface area is 85.2 Å². The molecule has 2 unspecified atom stereocenters. The van der Waals surface area contributed by atoms with Crippen LogP contribution in [0, 0.1) is 0 Å². The molecule has 0 aromatic heterocycles. The van der Waals surface area contributed by atoms with Gasteiger partial charge in [-0.2, -0.15) is 0 Å². The Morgan fingerprint density at radius 1 is 1.71 bits per heavy atom. The van der Waals surface area contributed by atoms with Gasteiger partial charge in [0.1, 0.15) is 0 Å². The molecule has 0 aromatic carbocycles. The normalized spacial score (nSPS) is 23.4. The summed E-state index contributed by atoms with van der Waals surface area (Å²) in [5.41, 5.74) is 0. The maximum Gasteiger partial charge on any atom is 0.304 e. The summed E-state index contributed by atoms with van der Waals surface area (Å²) in [5, 5.41) is 10.1. The second kappa shape index (κ2) is 4.45. The highest BCUT2D eigenvalue weighted by Crippen LogP contribution is 2.25. The van der Waals surface area contributed by atoms with Crippen LogP contribution in [0.4, 0.5) is 0 Å². The maximum atomic E-state index is 11.1. The third-order valence-corrected chi connectivity index (χ3v) is 3.13. The summed E-state index contributed by atoms with van der Waals surface area (Å²) in [7, 11) is 0. The molecule has 1 heterocycles. The largest absolute Gasteiger partial charge is 0.481 e. The molecule has 1 saturated heterocycles. The van der Waals surface area contributed by atoms with Crippen molar-refractivity contribution in [1.82, 2.24) is 5.32 Å². The van der Waals surface area contributed by atoms with Crippen molar-refractivity contribution < 1.29 is 19.5 Å². The number of imide groups is 1. The van der Waals surface area contributed by atoms with Gasteiger partial charge in [0.15, 0.2) is 0 Å². The quantitative estimate of drug-likeness (QED) is 0.647. The lowest BCUT2D eigenvalue weighted by Gasteiger charge is -2.11. The van der Waals surface area contributed by atoms with Gasteiger partial charge < -0.3 is 5.11 Å². The summed E-state index contributed by atoms with van der Waals surface area (Å²) in [6.45, 7) is 1.73. The van der Waals surface area contributed by atoms with Crippen LogP contribution >= 0.6 is 11.8 Å². The van der Waals surface area contributed by atoms with E-state index in [1.165, 1.54) is 11.8 Å². The van der Waals surface area contributed by atoms with Crippen LogP contribution in [0.3, 0.4) is 0 Å². The molecule has 14 heavy (non-hydrogen) atoms. The summed E-state index contributed by atoms with van der Waals surface area (Å²) in [5.74, 6) is -1.48. The predicted molar refractivity (Wildman–Crippen MR) is 50.9 cm³/mol. The first-order chi connectivity index (χ1) is 6.49. The van der Waals surface area contributed by atoms with Crippen molar-refractivity contribution in [3.63, 3.8) is 0 Å². The van der Waals surface area contributed by atoms with Gasteiger partial charge in [-0.1, -0.05) is 6.92 Å². The zero-order valence-corrected chi connectivity index (χ0v) is 8.47. The molecule has 0 saturated carbocycles. The molecule has 1 rings (SSSR count). The molecule has 0 spiro atoms. The Morgan fingerprint density at radius 3 is 2.79 bits per heavy atom. The van der Waals surface area contributed by atoms with Gasteiger partial charge in [0.05, 0.1) is 11.7 Å². The molecular weight excluding hydrogens is 206 g/mol. The predicted octanol–water partition coefficient (Wildman–Crippen LogP) is -0.00210. The summed E-state index contributed by atoms with van der Waals surface area (Å²) in [4.78, 5) is 32.3. The minimum absolute atomic E-state index is 0.00262. The fourth-order valence-electron chi connectivity index (χ4n) is 1.21. The molecule has 5 nitrogen and oxygen atoms in total. The lowest BCUT2D eigenvalue weighted by atomic mass is 10.3. The average molecular weight is 217 g/mol. The van der Waals surface area contributed by atoms with E-state index in [4.69, 9.17) is 5.11 Å². The van der Waals surface area contributed by atoms with Gasteiger partial charge in [-0.3, -0.25) is 19.7 Å². The maximum absolute atomic E-state index is 11.1. The number of carbonyl (C=O) groups excluding carboxylic acids is 2. The molecule has 1 aliphatic rings. The Hall–Kier alpha value is -1.04. The van der Waals surface area contributed by atoms with Gasteiger partial charge in [-0.05, 0) is 0 Å². The van der Waals surface area contributed by atoms with E-state index in [1.54, 1.807) is 6.92 Å². The molecular formula is C8H11NO4S. The number of hydrogen-bond acceptors (Lipinski definition) is 4. The Morgan fingerprint density at radius 2 is 2.36 bits per heavy atom. The summed E-state index contributed by atoms with van der Waals surface area (Å²) < 4.78 is 0. The van der Waals surface area contributed by atoms with E-state index in [2.05, 4.69) is 5.32 Å². The number of nitrogens with one attached hydrogen (secondary N) is 1. The molecule has 2 amide bonds. The molecule has 0 radical (unpaired) electrons. The van der Waals surface area contributed by atoms with Crippen molar-refractivity contribution in [3.05, 3.63) is 0 Å². The van der Waals surface area contributed by atoms with Gasteiger partial charge in [0.25, 0.3) is 0 Å². The van der Waals surface area contributed by atoms with Crippen molar-refractivity contribution >= 4 is 29.5 Å². The van der Waals surface area contributed by atoms with Crippen molar-refractivity contribution in [2.24, 2.45) is 0 Å². The van der Waals surface area contributed by atoms with Gasteiger partial charge in [0, 0.05) is 11.7 Å². The number of carbonyl (C=O) groups is 3. The molecule has 2 N–H and O–H groups in total. The summed E-state index contributed by atoms with van der Waals surface area (Å²) in [6.07, 6.45) is 0.163. The van der Waals surface area contributed by atoms with Crippen LogP contribution in [0.2, 0.25) is 0 Å². The van der Waals surface area contributed by atoms with Gasteiger partial charge in [0.2, 0.25) is 11.8 Å². The number of hydrogen-bond donors (Lipinski definition) is 2. The lowest BCUT2D eigenvalue weighted by molar-refractivity contribution is -0.137. The molecule has 1 fully saturated rings. The highest BCUT2D eigenvalue weighted by Gasteiger charge is 2.32. The molecule has 0 bridgehead atoms. The lowest BCUT2D eigenvalue weighted by Crippen LogP contribution is -2.24. The fourth-order valence-corrected chi connectivity index (χ4v) is 2.44. The van der Waals surface area contributed by atoms with Crippen molar-refractivity contribution in [2.45, 2.75) is 30.3 Å². The monoisotopic (exact) mass is 217 g/mol. The third kappa shape index (κ3) is 3.02. The second-order valence-electron chi connectivity index (χ2n) is 3.15. The van der Waals surface area contributed by atoms with Crippen LogP contribution in [0.5, 0.6) is 0 Å². The first kappa shape index (κ1) is 11.0. The number of aliphatic carboxylic acids is 1. The second-order valence-corrected chi connectivity index (χ2v) is 4.80. The highest BCUT2D eigenvalue weighted by atomic mass is 32.2. The van der Waals surface area contributed by atoms with Crippen LogP contribution in [0.15, 0.2) is 0 Å². The van der Waals surface area contributed by atoms with Gasteiger partial charge in [-0.15, -0.1) is 11.8 Å². The summed E-state index contributed by atoms with van der Waals surface area (Å²) in [6, 6.07) is 0. The van der Waals surface area contributed by atoms with E-state index in [1.807, 2.05) is 0 Å². The van der Waals surface area contributed by atoms with Crippen LogP contribution in [-0.4, -0.2) is 33.4 Å². The van der Waals surface area contributed by atoms with Crippen LogP contribution in [0.1, 0.15) is 19.8 Å². The van der Waals surface area contributed by atoms with Gasteiger partial charge >= 0.3 is 5.97 Å². The van der Waals surface area contributed by atoms with Crippen molar-refractivity contribution in [3.8, 4) is 0 Å². The van der Waals surface area contributed by atoms with E-state index in [0.29, 0.717) is 0 Å². The van der Waals surface area contributed by atoms with Gasteiger partial charge in [-0.25, -0.2) is 0 Å². The molecule has 1 aliphatic heterocycles. The third-order valence-electron chi connectivity index (χ3n) is 1.78. The zero-order valence-electron chi connectivity index (χ0n) is 7.65. The van der Waals surface area contributed by atoms with Crippen LogP contribution in [0.25, 0.3) is 0 Å². The van der Waals surface area contributed by atoms with E-state index in [9.17, 15) is 14.4 Å². The van der Waals surface area contributed by atoms with E-state index < -0.39 is 11.2 Å². The van der Waals surface area contributed by atoms with Crippen molar-refractivity contribution in [1.29, 1.82) is 0 Å². The molecule has 78 valence electrons. The Kier molecular flexibility index (Phi) is 3.51. The number of amides is 2. The number of rotatable bonds is 4. The standard InChI is InChI=1S/C8H11NO4S/c1-4(2-7(11)12)14-5-3-6(10)9-8(5)13/h4-5H,2-3H2,1H3,(H,11,12)(H,9,10,13). The minimum Gasteiger partial charge on any atom is -0.481 e. The number of carboxylic acid groups (broad SMARTS) is 1. The molecule has 0 aliphatic carbocycles. The van der Waals surface area contributed by atoms with Crippen LogP contribution < -0.4 is 5.32 Å². The number of carboxylic acids is 1. The first-order valence-corrected chi connectivity index (χ1v) is 5.14. The molecule has 6 heteroatoms. The Bertz CT molecular complexity index is 279. The average Bonchev–Trinajstić information content (AvgIpc) is 2.28. The summed E-state index contributed by atoms with van der Waals surface area (Å²) >= 11 is 1.23. The smallest absolute Gasteiger partial charge is 0.304 e. The minimum atomic E-state index is -0.894. The molecule has 0 aromatic rings. The van der Waals surface area contributed by atoms with E-state index in [0.717, 1.165) is 0 Å². The Balaban J connectivity index is 2.40. The van der Waals surface area contributed by atoms with Crippen LogP contribution in [-0.2, 0) is 14.4 Å². The van der Waals surface area contributed by atoms with E-state index in [-0.39, 0.29) is 29.9 Å². The zero-order chi connectivity index (χ0) is 10.7. The number of thioether (sulfide) groups is 1. The topological polar surface area (TPSA) is 83.5 Å². The SMILES string of the molecule is CC(CC(=O)O)SC1CC(=O)NC1=O. The first-order valence-electron chi connectivity index (χ1n) is 4.20. The van der Waals surface area contributed by atoms with E-state index >= 15 is 0 Å². The van der Waals surface area contributed by atoms with Crippen molar-refractivity contribution in [2.75, 3.05) is 0 Å². The molecule has 2 atom stereocenters. The highest BCUT2D eigenvalue weighted by molar-refractivity contribution is 8.01.